The molecule has 1 heterocycles. The number of nitrogens with two attached hydrogens (primary N) is 1. The van der Waals surface area contributed by atoms with Gasteiger partial charge in [0.2, 0.25) is 6.93 Å². The summed E-state index contributed by atoms with van der Waals surface area (Å²) in [7, 11) is 1.36. The Kier molecular flexibility index (Phi) is 6.72. The average Bonchev–Trinajstić information content (AvgIpc) is 2.94. The van der Waals surface area contributed by atoms with Crippen molar-refractivity contribution in [3.05, 3.63) is 23.8 Å². The van der Waals surface area contributed by atoms with Gasteiger partial charge in [0.1, 0.15) is 0 Å². The highest BCUT2D eigenvalue weighted by Gasteiger charge is 2.17. The minimum atomic E-state index is -1.75. The number of benzene rings is 1. The van der Waals surface area contributed by atoms with Crippen molar-refractivity contribution in [1.82, 2.24) is 0 Å². The van der Waals surface area contributed by atoms with Crippen molar-refractivity contribution in [2.75, 3.05) is 38.3 Å². The lowest BCUT2D eigenvalue weighted by Gasteiger charge is -2.15. The largest absolute Gasteiger partial charge is 0.465 e. The number of methoxy groups -OCH3 is 1. The van der Waals surface area contributed by atoms with E-state index in [2.05, 4.69) is 10.1 Å². The van der Waals surface area contributed by atoms with Gasteiger partial charge in [0.05, 0.1) is 36.7 Å². The van der Waals surface area contributed by atoms with Crippen LogP contribution in [-0.4, -0.2) is 39.3 Å². The maximum atomic E-state index is 11.4. The molecule has 0 saturated carbocycles. The summed E-state index contributed by atoms with van der Waals surface area (Å²) in [4.78, 5) is 11.4. The zero-order chi connectivity index (χ0) is 15.0. The molecule has 1 aliphatic rings. The van der Waals surface area contributed by atoms with Crippen molar-refractivity contribution >= 4 is 17.3 Å². The second kappa shape index (κ2) is 8.31. The number of rotatable bonds is 3. The van der Waals surface area contributed by atoms with Gasteiger partial charge in [-0.05, 0) is 24.6 Å². The second-order valence-electron chi connectivity index (χ2n) is 4.10. The number of hydrogen-bond acceptors (Lipinski definition) is 5. The topological polar surface area (TPSA) is 73.6 Å². The SMILES string of the molecule is COC(=O)c1ccc(N)c(NC2CCOC2)c1.FCF. The van der Waals surface area contributed by atoms with E-state index in [0.29, 0.717) is 17.9 Å². The zero-order valence-electron chi connectivity index (χ0n) is 11.2. The van der Waals surface area contributed by atoms with Gasteiger partial charge in [-0.3, -0.25) is 0 Å². The molecule has 0 spiro atoms. The van der Waals surface area contributed by atoms with Crippen LogP contribution in [-0.2, 0) is 9.47 Å². The van der Waals surface area contributed by atoms with E-state index in [-0.39, 0.29) is 12.0 Å². The summed E-state index contributed by atoms with van der Waals surface area (Å²) in [6, 6.07) is 5.31. The highest BCUT2D eigenvalue weighted by Crippen LogP contribution is 2.23. The Labute approximate surface area is 116 Å². The third-order valence-corrected chi connectivity index (χ3v) is 2.76. The summed E-state index contributed by atoms with van der Waals surface area (Å²) in [6.45, 7) is -0.323. The van der Waals surface area contributed by atoms with Crippen molar-refractivity contribution in [3.63, 3.8) is 0 Å². The first-order valence-electron chi connectivity index (χ1n) is 6.06. The van der Waals surface area contributed by atoms with Gasteiger partial charge in [0, 0.05) is 6.61 Å². The first kappa shape index (κ1) is 16.2. The predicted molar refractivity (Wildman–Crippen MR) is 72.1 cm³/mol. The van der Waals surface area contributed by atoms with Crippen molar-refractivity contribution in [1.29, 1.82) is 0 Å². The molecular weight excluding hydrogens is 270 g/mol. The third kappa shape index (κ3) is 4.65. The molecule has 1 aliphatic heterocycles. The van der Waals surface area contributed by atoms with E-state index in [1.165, 1.54) is 7.11 Å². The summed E-state index contributed by atoms with van der Waals surface area (Å²) in [5.74, 6) is -0.365. The zero-order valence-corrected chi connectivity index (χ0v) is 11.2. The lowest BCUT2D eigenvalue weighted by molar-refractivity contribution is 0.0601. The molecular formula is C13H18F2N2O3. The number of carbonyl (C=O) groups is 1. The van der Waals surface area contributed by atoms with Crippen LogP contribution in [0.3, 0.4) is 0 Å². The van der Waals surface area contributed by atoms with Crippen LogP contribution in [0.4, 0.5) is 20.2 Å². The molecule has 1 fully saturated rings. The number of hydrogen-bond donors (Lipinski definition) is 2. The number of nitrogen functional groups attached to an aromatic ring is 1. The Bertz CT molecular complexity index is 438. The van der Waals surface area contributed by atoms with Gasteiger partial charge in [0.25, 0.3) is 0 Å². The molecule has 1 atom stereocenters. The maximum absolute atomic E-state index is 11.4. The van der Waals surface area contributed by atoms with Crippen molar-refractivity contribution in [3.8, 4) is 0 Å². The fourth-order valence-electron chi connectivity index (χ4n) is 1.79. The Morgan fingerprint density at radius 1 is 1.55 bits per heavy atom. The van der Waals surface area contributed by atoms with Gasteiger partial charge >= 0.3 is 5.97 Å². The van der Waals surface area contributed by atoms with Gasteiger partial charge in [-0.1, -0.05) is 0 Å². The highest BCUT2D eigenvalue weighted by molar-refractivity contribution is 5.92. The lowest BCUT2D eigenvalue weighted by Crippen LogP contribution is -2.20. The van der Waals surface area contributed by atoms with E-state index < -0.39 is 6.93 Å². The minimum Gasteiger partial charge on any atom is -0.465 e. The summed E-state index contributed by atoms with van der Waals surface area (Å²) in [5, 5.41) is 3.27. The Morgan fingerprint density at radius 2 is 2.25 bits per heavy atom. The van der Waals surface area contributed by atoms with Crippen molar-refractivity contribution in [2.45, 2.75) is 12.5 Å². The van der Waals surface area contributed by atoms with Gasteiger partial charge in [-0.2, -0.15) is 0 Å². The number of nitrogens with one attached hydrogen (secondary N) is 1. The fraction of sp³-hybridized carbons (Fsp3) is 0.462. The number of esters is 1. The monoisotopic (exact) mass is 288 g/mol. The first-order valence-corrected chi connectivity index (χ1v) is 6.06. The number of anilines is 2. The van der Waals surface area contributed by atoms with E-state index in [1.54, 1.807) is 18.2 Å². The Hall–Kier alpha value is -1.89. The van der Waals surface area contributed by atoms with Gasteiger partial charge < -0.3 is 20.5 Å². The molecule has 1 aromatic rings. The molecule has 1 aromatic carbocycles. The number of ether oxygens (including phenoxy) is 2. The molecule has 7 heteroatoms. The highest BCUT2D eigenvalue weighted by atomic mass is 19.3. The lowest BCUT2D eigenvalue weighted by atomic mass is 10.1. The number of alkyl halides is 2. The van der Waals surface area contributed by atoms with E-state index in [0.717, 1.165) is 18.7 Å². The maximum Gasteiger partial charge on any atom is 0.337 e. The molecule has 0 aromatic heterocycles. The van der Waals surface area contributed by atoms with Gasteiger partial charge in [0.15, 0.2) is 0 Å². The summed E-state index contributed by atoms with van der Waals surface area (Å²) in [6.07, 6.45) is 0.946. The normalized spacial score (nSPS) is 17.1. The van der Waals surface area contributed by atoms with E-state index in [1.807, 2.05) is 0 Å². The molecule has 5 nitrogen and oxygen atoms in total. The summed E-state index contributed by atoms with van der Waals surface area (Å²) >= 11 is 0. The number of carbonyl (C=O) groups excluding carboxylic acids is 1. The van der Waals surface area contributed by atoms with Crippen LogP contribution in [0, 0.1) is 0 Å². The average molecular weight is 288 g/mol. The molecule has 0 bridgehead atoms. The third-order valence-electron chi connectivity index (χ3n) is 2.76. The smallest absolute Gasteiger partial charge is 0.337 e. The quantitative estimate of drug-likeness (QED) is 0.658. The predicted octanol–water partition coefficient (Wildman–Crippen LogP) is 2.14. The van der Waals surface area contributed by atoms with Crippen LogP contribution >= 0.6 is 0 Å². The van der Waals surface area contributed by atoms with Crippen molar-refractivity contribution in [2.24, 2.45) is 0 Å². The van der Waals surface area contributed by atoms with Gasteiger partial charge in [-0.15, -0.1) is 0 Å². The second-order valence-corrected chi connectivity index (χ2v) is 4.10. The molecule has 2 rings (SSSR count). The first-order chi connectivity index (χ1) is 9.62. The Morgan fingerprint density at radius 3 is 2.80 bits per heavy atom. The molecule has 112 valence electrons. The summed E-state index contributed by atoms with van der Waals surface area (Å²) < 4.78 is 29.2. The fourth-order valence-corrected chi connectivity index (χ4v) is 1.79. The summed E-state index contributed by atoms with van der Waals surface area (Å²) in [5.41, 5.74) is 7.71. The van der Waals surface area contributed by atoms with Crippen LogP contribution in [0.2, 0.25) is 0 Å². The standard InChI is InChI=1S/C12H16N2O3.CH2F2/c1-16-12(15)8-2-3-10(13)11(6-8)14-9-4-5-17-7-9;2-1-3/h2-3,6,9,14H,4-5,7,13H2,1H3;1H2. The molecule has 1 saturated heterocycles. The van der Waals surface area contributed by atoms with Crippen LogP contribution in [0.5, 0.6) is 0 Å². The molecule has 0 aliphatic carbocycles. The van der Waals surface area contributed by atoms with E-state index in [9.17, 15) is 13.6 Å². The van der Waals surface area contributed by atoms with Crippen LogP contribution < -0.4 is 11.1 Å². The van der Waals surface area contributed by atoms with E-state index >= 15 is 0 Å². The number of halogens is 2. The van der Waals surface area contributed by atoms with Gasteiger partial charge in [-0.25, -0.2) is 13.6 Å². The molecule has 1 unspecified atom stereocenters. The Balaban J connectivity index is 0.000000612. The molecule has 20 heavy (non-hydrogen) atoms. The van der Waals surface area contributed by atoms with Crippen LogP contribution in [0.15, 0.2) is 18.2 Å². The van der Waals surface area contributed by atoms with E-state index in [4.69, 9.17) is 10.5 Å². The molecule has 0 radical (unpaired) electrons. The van der Waals surface area contributed by atoms with Crippen LogP contribution in [0.1, 0.15) is 16.8 Å². The molecule has 0 amide bonds. The van der Waals surface area contributed by atoms with Crippen LogP contribution in [0.25, 0.3) is 0 Å². The molecule has 3 N–H and O–H groups in total. The minimum absolute atomic E-state index is 0.255. The van der Waals surface area contributed by atoms with Crippen molar-refractivity contribution < 1.29 is 23.0 Å².